The van der Waals surface area contributed by atoms with Crippen LogP contribution in [0.3, 0.4) is 0 Å². The maximum absolute atomic E-state index is 12.5. The molecule has 1 aromatic rings. The molecule has 5 amide bonds. The first-order chi connectivity index (χ1) is 12.9. The second kappa shape index (κ2) is 7.92. The number of nitrogens with zero attached hydrogens (tertiary/aromatic N) is 2. The van der Waals surface area contributed by atoms with E-state index in [1.807, 2.05) is 13.8 Å². The van der Waals surface area contributed by atoms with E-state index in [-0.39, 0.29) is 23.9 Å². The van der Waals surface area contributed by atoms with Gasteiger partial charge in [-0.15, -0.1) is 0 Å². The lowest BCUT2D eigenvalue weighted by atomic mass is 9.95. The number of anilines is 1. The predicted octanol–water partition coefficient (Wildman–Crippen LogP) is 2.30. The average Bonchev–Trinajstić information content (AvgIpc) is 2.79. The van der Waals surface area contributed by atoms with Crippen molar-refractivity contribution in [2.24, 2.45) is 11.3 Å². The fourth-order valence-corrected chi connectivity index (χ4v) is 2.51. The third-order valence-electron chi connectivity index (χ3n) is 4.13. The first-order valence-electron chi connectivity index (χ1n) is 9.04. The Labute approximate surface area is 163 Å². The van der Waals surface area contributed by atoms with Gasteiger partial charge in [-0.1, -0.05) is 34.6 Å². The minimum Gasteiger partial charge on any atom is -0.326 e. The number of benzene rings is 1. The van der Waals surface area contributed by atoms with Crippen LogP contribution in [-0.2, 0) is 14.4 Å². The van der Waals surface area contributed by atoms with Crippen LogP contribution >= 0.6 is 0 Å². The van der Waals surface area contributed by atoms with E-state index >= 15 is 0 Å². The monoisotopic (exact) mass is 387 g/mol. The number of carbonyl (C=O) groups is 5. The summed E-state index contributed by atoms with van der Waals surface area (Å²) in [6.45, 7) is 8.61. The van der Waals surface area contributed by atoms with Gasteiger partial charge in [0.2, 0.25) is 5.91 Å². The molecule has 0 spiro atoms. The molecule has 2 rings (SSSR count). The molecule has 1 heterocycles. The zero-order chi connectivity index (χ0) is 21.2. The largest absolute Gasteiger partial charge is 0.334 e. The van der Waals surface area contributed by atoms with Crippen LogP contribution in [0.5, 0.6) is 0 Å². The normalized spacial score (nSPS) is 14.9. The molecule has 1 fully saturated rings. The maximum Gasteiger partial charge on any atom is 0.334 e. The minimum absolute atomic E-state index is 0.00667. The first-order valence-corrected chi connectivity index (χ1v) is 9.04. The Morgan fingerprint density at radius 3 is 2.00 bits per heavy atom. The van der Waals surface area contributed by atoms with Gasteiger partial charge in [0.05, 0.1) is 6.54 Å². The van der Waals surface area contributed by atoms with Crippen molar-refractivity contribution in [1.82, 2.24) is 9.80 Å². The van der Waals surface area contributed by atoms with Crippen molar-refractivity contribution >= 4 is 35.2 Å². The third-order valence-corrected chi connectivity index (χ3v) is 4.13. The van der Waals surface area contributed by atoms with Crippen LogP contribution in [0.2, 0.25) is 0 Å². The Morgan fingerprint density at radius 1 is 0.964 bits per heavy atom. The van der Waals surface area contributed by atoms with Crippen LogP contribution < -0.4 is 5.32 Å². The number of Topliss-reactive ketones (excluding diaryl/α,β-unsaturated/α-hetero) is 1. The minimum atomic E-state index is -0.993. The summed E-state index contributed by atoms with van der Waals surface area (Å²) in [5.41, 5.74) is 0.242. The highest BCUT2D eigenvalue weighted by molar-refractivity contribution is 6.45. The molecule has 0 bridgehead atoms. The number of carbonyl (C=O) groups excluding carboxylic acids is 5. The van der Waals surface area contributed by atoms with Gasteiger partial charge in [0.15, 0.2) is 5.78 Å². The van der Waals surface area contributed by atoms with Gasteiger partial charge in [0.25, 0.3) is 0 Å². The molecule has 0 aliphatic carbocycles. The van der Waals surface area contributed by atoms with Gasteiger partial charge in [-0.05, 0) is 30.2 Å². The average molecular weight is 387 g/mol. The Morgan fingerprint density at radius 2 is 1.50 bits per heavy atom. The number of urea groups is 1. The van der Waals surface area contributed by atoms with Gasteiger partial charge in [0.1, 0.15) is 0 Å². The molecule has 150 valence electrons. The summed E-state index contributed by atoms with van der Waals surface area (Å²) in [6.07, 6.45) is 0. The van der Waals surface area contributed by atoms with E-state index in [0.717, 1.165) is 4.90 Å². The molecular weight excluding hydrogens is 362 g/mol. The molecule has 1 N–H and O–H groups in total. The number of amides is 5. The summed E-state index contributed by atoms with van der Waals surface area (Å²) in [5, 5.41) is 2.74. The molecule has 28 heavy (non-hydrogen) atoms. The smallest absolute Gasteiger partial charge is 0.326 e. The summed E-state index contributed by atoms with van der Waals surface area (Å²) >= 11 is 0. The van der Waals surface area contributed by atoms with Crippen molar-refractivity contribution in [2.45, 2.75) is 34.6 Å². The first kappa shape index (κ1) is 21.3. The maximum atomic E-state index is 12.5. The Balaban J connectivity index is 2.07. The molecule has 0 saturated carbocycles. The van der Waals surface area contributed by atoms with E-state index in [0.29, 0.717) is 10.6 Å². The fourth-order valence-electron chi connectivity index (χ4n) is 2.51. The summed E-state index contributed by atoms with van der Waals surface area (Å²) in [5.74, 6) is -2.54. The SMILES string of the molecule is CC(C)CN1C(=O)C(=O)N(CC(=O)c2ccc(NC(=O)C(C)(C)C)cc2)C1=O. The van der Waals surface area contributed by atoms with Crippen LogP contribution in [0.4, 0.5) is 10.5 Å². The van der Waals surface area contributed by atoms with Crippen molar-refractivity contribution in [1.29, 1.82) is 0 Å². The number of rotatable bonds is 6. The second-order valence-electron chi connectivity index (χ2n) is 8.19. The van der Waals surface area contributed by atoms with Gasteiger partial charge in [-0.2, -0.15) is 0 Å². The van der Waals surface area contributed by atoms with Crippen LogP contribution in [0.25, 0.3) is 0 Å². The molecule has 1 aromatic carbocycles. The molecule has 0 atom stereocenters. The Hall–Kier alpha value is -3.03. The Bertz CT molecular complexity index is 821. The van der Waals surface area contributed by atoms with Crippen molar-refractivity contribution < 1.29 is 24.0 Å². The van der Waals surface area contributed by atoms with Gasteiger partial charge < -0.3 is 5.32 Å². The van der Waals surface area contributed by atoms with Gasteiger partial charge in [-0.25, -0.2) is 9.69 Å². The van der Waals surface area contributed by atoms with Crippen LogP contribution in [0.15, 0.2) is 24.3 Å². The topological polar surface area (TPSA) is 104 Å². The molecule has 0 radical (unpaired) electrons. The molecule has 1 aliphatic heterocycles. The lowest BCUT2D eigenvalue weighted by Crippen LogP contribution is -2.38. The van der Waals surface area contributed by atoms with Crippen LogP contribution in [0, 0.1) is 11.3 Å². The van der Waals surface area contributed by atoms with Gasteiger partial charge >= 0.3 is 17.8 Å². The molecule has 8 nitrogen and oxygen atoms in total. The molecule has 1 saturated heterocycles. The van der Waals surface area contributed by atoms with E-state index in [4.69, 9.17) is 0 Å². The lowest BCUT2D eigenvalue weighted by Gasteiger charge is -2.18. The van der Waals surface area contributed by atoms with Gasteiger partial charge in [0, 0.05) is 23.2 Å². The second-order valence-corrected chi connectivity index (χ2v) is 8.19. The fraction of sp³-hybridized carbons (Fsp3) is 0.450. The van der Waals surface area contributed by atoms with Crippen molar-refractivity contribution in [2.75, 3.05) is 18.4 Å². The van der Waals surface area contributed by atoms with Crippen LogP contribution in [-0.4, -0.2) is 52.4 Å². The number of imide groups is 2. The lowest BCUT2D eigenvalue weighted by molar-refractivity contribution is -0.143. The van der Waals surface area contributed by atoms with Crippen molar-refractivity contribution in [3.63, 3.8) is 0 Å². The summed E-state index contributed by atoms with van der Waals surface area (Å²) in [7, 11) is 0. The predicted molar refractivity (Wildman–Crippen MR) is 103 cm³/mol. The van der Waals surface area contributed by atoms with Crippen molar-refractivity contribution in [3.8, 4) is 0 Å². The molecular formula is C20H25N3O5. The number of hydrogen-bond donors (Lipinski definition) is 1. The molecule has 8 heteroatoms. The summed E-state index contributed by atoms with van der Waals surface area (Å²) < 4.78 is 0. The third kappa shape index (κ3) is 4.62. The van der Waals surface area contributed by atoms with E-state index in [1.54, 1.807) is 32.9 Å². The number of ketones is 1. The quantitative estimate of drug-likeness (QED) is 0.458. The standard InChI is InChI=1S/C20H25N3O5/c1-12(2)10-22-16(25)17(26)23(19(22)28)11-15(24)13-6-8-14(9-7-13)21-18(27)20(3,4)5/h6-9,12H,10-11H2,1-5H3,(H,21,27). The number of hydrogen-bond acceptors (Lipinski definition) is 5. The highest BCUT2D eigenvalue weighted by Crippen LogP contribution is 2.19. The highest BCUT2D eigenvalue weighted by atomic mass is 16.2. The van der Waals surface area contributed by atoms with Crippen LogP contribution in [0.1, 0.15) is 45.0 Å². The van der Waals surface area contributed by atoms with E-state index in [1.165, 1.54) is 12.1 Å². The van der Waals surface area contributed by atoms with E-state index < -0.39 is 35.6 Å². The van der Waals surface area contributed by atoms with Crippen molar-refractivity contribution in [3.05, 3.63) is 29.8 Å². The highest BCUT2D eigenvalue weighted by Gasteiger charge is 2.45. The zero-order valence-electron chi connectivity index (χ0n) is 16.7. The summed E-state index contributed by atoms with van der Waals surface area (Å²) in [6, 6.07) is 5.37. The summed E-state index contributed by atoms with van der Waals surface area (Å²) in [4.78, 5) is 62.3. The Kier molecular flexibility index (Phi) is 6.01. The van der Waals surface area contributed by atoms with E-state index in [9.17, 15) is 24.0 Å². The molecule has 1 aliphatic rings. The van der Waals surface area contributed by atoms with Gasteiger partial charge in [-0.3, -0.25) is 24.1 Å². The molecule has 0 aromatic heterocycles. The number of nitrogens with one attached hydrogen (secondary N) is 1. The zero-order valence-corrected chi connectivity index (χ0v) is 16.7. The molecule has 0 unspecified atom stereocenters. The van der Waals surface area contributed by atoms with E-state index in [2.05, 4.69) is 5.32 Å².